The van der Waals surface area contributed by atoms with Crippen molar-refractivity contribution in [1.29, 1.82) is 0 Å². The number of carbonyl (C=O) groups excluding carboxylic acids is 1. The van der Waals surface area contributed by atoms with E-state index in [4.69, 9.17) is 0 Å². The Hall–Kier alpha value is -1.57. The third-order valence-corrected chi connectivity index (χ3v) is 1.72. The van der Waals surface area contributed by atoms with Crippen molar-refractivity contribution in [1.82, 2.24) is 5.32 Å². The molecule has 1 N–H and O–H groups in total. The van der Waals surface area contributed by atoms with Gasteiger partial charge in [0.1, 0.15) is 0 Å². The summed E-state index contributed by atoms with van der Waals surface area (Å²) in [5.41, 5.74) is 2.24. The highest BCUT2D eigenvalue weighted by Gasteiger charge is 1.90. The highest BCUT2D eigenvalue weighted by atomic mass is 16.1. The monoisotopic (exact) mass is 175 g/mol. The molecule has 1 amide bonds. The van der Waals surface area contributed by atoms with E-state index in [1.807, 2.05) is 31.2 Å². The van der Waals surface area contributed by atoms with E-state index < -0.39 is 0 Å². The van der Waals surface area contributed by atoms with Gasteiger partial charge in [0.05, 0.1) is 0 Å². The van der Waals surface area contributed by atoms with Gasteiger partial charge in [0.25, 0.3) is 0 Å². The lowest BCUT2D eigenvalue weighted by molar-refractivity contribution is -0.115. The van der Waals surface area contributed by atoms with Gasteiger partial charge in [-0.25, -0.2) is 0 Å². The molecule has 1 rings (SSSR count). The number of hydrogen-bond donors (Lipinski definition) is 1. The number of hydrogen-bond acceptors (Lipinski definition) is 1. The van der Waals surface area contributed by atoms with Gasteiger partial charge in [-0.2, -0.15) is 0 Å². The lowest BCUT2D eigenvalue weighted by Crippen LogP contribution is -2.13. The Morgan fingerprint density at radius 1 is 1.46 bits per heavy atom. The van der Waals surface area contributed by atoms with Crippen LogP contribution in [0.3, 0.4) is 0 Å². The molecular weight excluding hydrogens is 162 g/mol. The number of amides is 1. The molecule has 0 aliphatic rings. The molecule has 1 aromatic rings. The van der Waals surface area contributed by atoms with Crippen LogP contribution in [0.4, 0.5) is 0 Å². The summed E-state index contributed by atoms with van der Waals surface area (Å²) < 4.78 is 0. The van der Waals surface area contributed by atoms with Gasteiger partial charge < -0.3 is 5.32 Å². The number of nitrogens with one attached hydrogen (secondary N) is 1. The summed E-state index contributed by atoms with van der Waals surface area (Å²) in [5.74, 6) is -0.0819. The quantitative estimate of drug-likeness (QED) is 0.682. The number of carbonyl (C=O) groups is 1. The smallest absolute Gasteiger partial charge is 0.243 e. The fraction of sp³-hybridized carbons (Fsp3) is 0.182. The Bertz CT molecular complexity index is 329. The summed E-state index contributed by atoms with van der Waals surface area (Å²) in [7, 11) is 1.61. The minimum absolute atomic E-state index is 0.0819. The van der Waals surface area contributed by atoms with Gasteiger partial charge >= 0.3 is 0 Å². The molecule has 0 atom stereocenters. The van der Waals surface area contributed by atoms with Gasteiger partial charge in [0, 0.05) is 13.1 Å². The summed E-state index contributed by atoms with van der Waals surface area (Å²) in [6, 6.07) is 7.99. The maximum atomic E-state index is 10.9. The SMILES string of the molecule is CNC(=O)/C=C/c1cccc(C)c1. The van der Waals surface area contributed by atoms with Gasteiger partial charge in [-0.05, 0) is 18.6 Å². The predicted octanol–water partition coefficient (Wildman–Crippen LogP) is 1.75. The topological polar surface area (TPSA) is 29.1 Å². The largest absolute Gasteiger partial charge is 0.356 e. The summed E-state index contributed by atoms with van der Waals surface area (Å²) in [5, 5.41) is 2.52. The summed E-state index contributed by atoms with van der Waals surface area (Å²) in [6.45, 7) is 2.03. The van der Waals surface area contributed by atoms with Crippen LogP contribution in [0.25, 0.3) is 6.08 Å². The highest BCUT2D eigenvalue weighted by Crippen LogP contribution is 2.05. The molecule has 68 valence electrons. The van der Waals surface area contributed by atoms with Crippen LogP contribution >= 0.6 is 0 Å². The molecule has 0 unspecified atom stereocenters. The van der Waals surface area contributed by atoms with E-state index in [0.29, 0.717) is 0 Å². The van der Waals surface area contributed by atoms with Crippen LogP contribution < -0.4 is 5.32 Å². The molecule has 0 bridgehead atoms. The van der Waals surface area contributed by atoms with Crippen molar-refractivity contribution in [2.45, 2.75) is 6.92 Å². The third kappa shape index (κ3) is 3.11. The first-order valence-electron chi connectivity index (χ1n) is 4.19. The van der Waals surface area contributed by atoms with Crippen LogP contribution in [-0.4, -0.2) is 13.0 Å². The van der Waals surface area contributed by atoms with Crippen molar-refractivity contribution in [3.8, 4) is 0 Å². The molecule has 0 fully saturated rings. The highest BCUT2D eigenvalue weighted by molar-refractivity contribution is 5.91. The van der Waals surface area contributed by atoms with E-state index >= 15 is 0 Å². The van der Waals surface area contributed by atoms with Crippen molar-refractivity contribution in [2.75, 3.05) is 7.05 Å². The van der Waals surface area contributed by atoms with Crippen molar-refractivity contribution in [2.24, 2.45) is 0 Å². The van der Waals surface area contributed by atoms with Gasteiger partial charge in [0.15, 0.2) is 0 Å². The van der Waals surface area contributed by atoms with Crippen LogP contribution in [0.5, 0.6) is 0 Å². The Balaban J connectivity index is 2.74. The third-order valence-electron chi connectivity index (χ3n) is 1.72. The Labute approximate surface area is 78.3 Å². The number of rotatable bonds is 2. The van der Waals surface area contributed by atoms with Gasteiger partial charge in [-0.15, -0.1) is 0 Å². The average molecular weight is 175 g/mol. The first-order valence-corrected chi connectivity index (χ1v) is 4.19. The second kappa shape index (κ2) is 4.45. The fourth-order valence-corrected chi connectivity index (χ4v) is 1.03. The van der Waals surface area contributed by atoms with Crippen LogP contribution in [0.2, 0.25) is 0 Å². The van der Waals surface area contributed by atoms with Crippen molar-refractivity contribution >= 4 is 12.0 Å². The van der Waals surface area contributed by atoms with E-state index in [0.717, 1.165) is 5.56 Å². The second-order valence-electron chi connectivity index (χ2n) is 2.86. The minimum Gasteiger partial charge on any atom is -0.356 e. The van der Waals surface area contributed by atoms with E-state index in [-0.39, 0.29) is 5.91 Å². The number of likely N-dealkylation sites (N-methyl/N-ethyl adjacent to an activating group) is 1. The summed E-state index contributed by atoms with van der Waals surface area (Å²) in [4.78, 5) is 10.9. The molecule has 0 spiro atoms. The molecule has 1 aromatic carbocycles. The van der Waals surface area contributed by atoms with E-state index in [1.54, 1.807) is 13.1 Å². The molecule has 0 aliphatic carbocycles. The van der Waals surface area contributed by atoms with Gasteiger partial charge in [0.2, 0.25) is 5.91 Å². The first kappa shape index (κ1) is 9.52. The number of aryl methyl sites for hydroxylation is 1. The zero-order valence-corrected chi connectivity index (χ0v) is 7.87. The maximum Gasteiger partial charge on any atom is 0.243 e. The van der Waals surface area contributed by atoms with Crippen LogP contribution in [0.1, 0.15) is 11.1 Å². The van der Waals surface area contributed by atoms with Crippen molar-refractivity contribution in [3.63, 3.8) is 0 Å². The second-order valence-corrected chi connectivity index (χ2v) is 2.86. The fourth-order valence-electron chi connectivity index (χ4n) is 1.03. The normalized spacial score (nSPS) is 10.3. The van der Waals surface area contributed by atoms with E-state index in [1.165, 1.54) is 11.6 Å². The van der Waals surface area contributed by atoms with Crippen molar-refractivity contribution in [3.05, 3.63) is 41.5 Å². The molecule has 0 heterocycles. The lowest BCUT2D eigenvalue weighted by atomic mass is 10.1. The molecule has 0 saturated carbocycles. The molecule has 0 aromatic heterocycles. The summed E-state index contributed by atoms with van der Waals surface area (Å²) >= 11 is 0. The van der Waals surface area contributed by atoms with E-state index in [2.05, 4.69) is 5.32 Å². The lowest BCUT2D eigenvalue weighted by Gasteiger charge is -1.95. The minimum atomic E-state index is -0.0819. The van der Waals surface area contributed by atoms with Crippen molar-refractivity contribution < 1.29 is 4.79 Å². The average Bonchev–Trinajstić information content (AvgIpc) is 2.14. The number of benzene rings is 1. The summed E-state index contributed by atoms with van der Waals surface area (Å²) in [6.07, 6.45) is 3.32. The molecule has 0 radical (unpaired) electrons. The standard InChI is InChI=1S/C11H13NO/c1-9-4-3-5-10(8-9)6-7-11(13)12-2/h3-8H,1-2H3,(H,12,13)/b7-6+. The Morgan fingerprint density at radius 2 is 2.23 bits per heavy atom. The Kier molecular flexibility index (Phi) is 3.26. The predicted molar refractivity (Wildman–Crippen MR) is 54.3 cm³/mol. The van der Waals surface area contributed by atoms with Gasteiger partial charge in [-0.3, -0.25) is 4.79 Å². The van der Waals surface area contributed by atoms with E-state index in [9.17, 15) is 4.79 Å². The maximum absolute atomic E-state index is 10.9. The zero-order valence-electron chi connectivity index (χ0n) is 7.87. The molecule has 13 heavy (non-hydrogen) atoms. The molecule has 2 nitrogen and oxygen atoms in total. The molecule has 0 aliphatic heterocycles. The Morgan fingerprint density at radius 3 is 2.85 bits per heavy atom. The molecule has 0 saturated heterocycles. The van der Waals surface area contributed by atoms with Crippen LogP contribution in [0.15, 0.2) is 30.3 Å². The molecule has 2 heteroatoms. The van der Waals surface area contributed by atoms with Gasteiger partial charge in [-0.1, -0.05) is 29.8 Å². The van der Waals surface area contributed by atoms with Crippen LogP contribution in [0, 0.1) is 6.92 Å². The first-order chi connectivity index (χ1) is 6.22. The molecular formula is C11H13NO. The zero-order chi connectivity index (χ0) is 9.68. The van der Waals surface area contributed by atoms with Crippen LogP contribution in [-0.2, 0) is 4.79 Å².